The van der Waals surface area contributed by atoms with Crippen LogP contribution in [0.2, 0.25) is 0 Å². The molecule has 5 heteroatoms. The predicted molar refractivity (Wildman–Crippen MR) is 92.2 cm³/mol. The number of ether oxygens (including phenoxy) is 1. The van der Waals surface area contributed by atoms with Crippen molar-refractivity contribution >= 4 is 5.91 Å². The monoisotopic (exact) mass is 328 g/mol. The van der Waals surface area contributed by atoms with Gasteiger partial charge in [-0.2, -0.15) is 0 Å². The van der Waals surface area contributed by atoms with E-state index in [9.17, 15) is 4.79 Å². The molecule has 3 rings (SSSR count). The van der Waals surface area contributed by atoms with Crippen LogP contribution in [0.4, 0.5) is 0 Å². The molecule has 1 amide bonds. The molecule has 0 unspecified atom stereocenters. The molecule has 2 heterocycles. The van der Waals surface area contributed by atoms with E-state index in [0.717, 1.165) is 18.8 Å². The van der Waals surface area contributed by atoms with E-state index in [4.69, 9.17) is 9.15 Å². The van der Waals surface area contributed by atoms with Gasteiger partial charge in [0.25, 0.3) is 5.91 Å². The third kappa shape index (κ3) is 3.97. The Morgan fingerprint density at radius 1 is 1.29 bits per heavy atom. The zero-order chi connectivity index (χ0) is 16.8. The SMILES string of the molecule is CCOc1cccc(C(=O)NC[C@H](c2ccco2)N2CCCC2)c1. The van der Waals surface area contributed by atoms with E-state index < -0.39 is 0 Å². The van der Waals surface area contributed by atoms with E-state index in [1.54, 1.807) is 18.4 Å². The van der Waals surface area contributed by atoms with Gasteiger partial charge in [-0.15, -0.1) is 0 Å². The van der Waals surface area contributed by atoms with Crippen LogP contribution in [0.15, 0.2) is 47.1 Å². The second kappa shape index (κ2) is 8.02. The van der Waals surface area contributed by atoms with E-state index in [-0.39, 0.29) is 11.9 Å². The van der Waals surface area contributed by atoms with Gasteiger partial charge in [0.1, 0.15) is 11.5 Å². The number of carbonyl (C=O) groups is 1. The predicted octanol–water partition coefficient (Wildman–Crippen LogP) is 3.25. The number of likely N-dealkylation sites (tertiary alicyclic amines) is 1. The second-order valence-corrected chi connectivity index (χ2v) is 5.95. The molecule has 0 bridgehead atoms. The van der Waals surface area contributed by atoms with Gasteiger partial charge in [0.05, 0.1) is 18.9 Å². The summed E-state index contributed by atoms with van der Waals surface area (Å²) in [6, 6.07) is 11.2. The Balaban J connectivity index is 1.65. The molecule has 24 heavy (non-hydrogen) atoms. The lowest BCUT2D eigenvalue weighted by Gasteiger charge is -2.26. The van der Waals surface area contributed by atoms with Crippen LogP contribution in [0.3, 0.4) is 0 Å². The quantitative estimate of drug-likeness (QED) is 0.848. The number of nitrogens with zero attached hydrogens (tertiary/aromatic N) is 1. The fourth-order valence-electron chi connectivity index (χ4n) is 3.13. The summed E-state index contributed by atoms with van der Waals surface area (Å²) in [5, 5.41) is 3.04. The molecule has 0 aliphatic carbocycles. The molecule has 1 aliphatic rings. The van der Waals surface area contributed by atoms with Gasteiger partial charge in [-0.05, 0) is 63.2 Å². The van der Waals surface area contributed by atoms with E-state index in [0.29, 0.717) is 24.5 Å². The fraction of sp³-hybridized carbons (Fsp3) is 0.421. The lowest BCUT2D eigenvalue weighted by Crippen LogP contribution is -2.36. The van der Waals surface area contributed by atoms with E-state index in [1.807, 2.05) is 31.2 Å². The Hall–Kier alpha value is -2.27. The van der Waals surface area contributed by atoms with Gasteiger partial charge < -0.3 is 14.5 Å². The number of furan rings is 1. The number of benzene rings is 1. The summed E-state index contributed by atoms with van der Waals surface area (Å²) in [6.45, 7) is 5.13. The molecular weight excluding hydrogens is 304 g/mol. The summed E-state index contributed by atoms with van der Waals surface area (Å²) < 4.78 is 11.0. The van der Waals surface area contributed by atoms with Crippen LogP contribution in [0.25, 0.3) is 0 Å². The molecule has 1 aliphatic heterocycles. The average Bonchev–Trinajstić information content (AvgIpc) is 3.30. The summed E-state index contributed by atoms with van der Waals surface area (Å²) in [4.78, 5) is 14.8. The van der Waals surface area contributed by atoms with Crippen molar-refractivity contribution in [3.8, 4) is 5.75 Å². The highest BCUT2D eigenvalue weighted by Gasteiger charge is 2.26. The van der Waals surface area contributed by atoms with Crippen LogP contribution in [-0.2, 0) is 0 Å². The van der Waals surface area contributed by atoms with Crippen molar-refractivity contribution in [3.63, 3.8) is 0 Å². The minimum Gasteiger partial charge on any atom is -0.494 e. The van der Waals surface area contributed by atoms with Gasteiger partial charge in [-0.25, -0.2) is 0 Å². The Kier molecular flexibility index (Phi) is 5.54. The highest BCUT2D eigenvalue weighted by atomic mass is 16.5. The summed E-state index contributed by atoms with van der Waals surface area (Å²) >= 11 is 0. The lowest BCUT2D eigenvalue weighted by atomic mass is 10.1. The zero-order valence-corrected chi connectivity index (χ0v) is 14.0. The minimum atomic E-state index is -0.0905. The van der Waals surface area contributed by atoms with Crippen molar-refractivity contribution in [2.45, 2.75) is 25.8 Å². The van der Waals surface area contributed by atoms with E-state index in [2.05, 4.69) is 10.2 Å². The van der Waals surface area contributed by atoms with Gasteiger partial charge in [0.15, 0.2) is 0 Å². The van der Waals surface area contributed by atoms with Gasteiger partial charge >= 0.3 is 0 Å². The normalized spacial score (nSPS) is 16.0. The Morgan fingerprint density at radius 2 is 2.12 bits per heavy atom. The minimum absolute atomic E-state index is 0.0847. The molecule has 5 nitrogen and oxygen atoms in total. The van der Waals surface area contributed by atoms with E-state index >= 15 is 0 Å². The third-order valence-corrected chi connectivity index (χ3v) is 4.32. The summed E-state index contributed by atoms with van der Waals surface area (Å²) in [5.41, 5.74) is 0.612. The highest BCUT2D eigenvalue weighted by molar-refractivity contribution is 5.94. The van der Waals surface area contributed by atoms with Crippen LogP contribution in [-0.4, -0.2) is 37.0 Å². The molecule has 0 radical (unpaired) electrons. The molecule has 128 valence electrons. The molecule has 1 saturated heterocycles. The number of nitrogens with one attached hydrogen (secondary N) is 1. The topological polar surface area (TPSA) is 54.7 Å². The first-order chi connectivity index (χ1) is 11.8. The third-order valence-electron chi connectivity index (χ3n) is 4.32. The summed E-state index contributed by atoms with van der Waals surface area (Å²) in [5.74, 6) is 1.53. The van der Waals surface area contributed by atoms with Crippen molar-refractivity contribution in [2.75, 3.05) is 26.2 Å². The molecular formula is C19H24N2O3. The van der Waals surface area contributed by atoms with Crippen molar-refractivity contribution in [2.24, 2.45) is 0 Å². The standard InChI is InChI=1S/C19H24N2O3/c1-2-23-16-8-5-7-15(13-16)19(22)20-14-17(18-9-6-12-24-18)21-10-3-4-11-21/h5-9,12-13,17H,2-4,10-11,14H2,1H3,(H,20,22)/t17-/m1/s1. The maximum absolute atomic E-state index is 12.5. The van der Waals surface area contributed by atoms with Crippen LogP contribution >= 0.6 is 0 Å². The smallest absolute Gasteiger partial charge is 0.251 e. The highest BCUT2D eigenvalue weighted by Crippen LogP contribution is 2.25. The van der Waals surface area contributed by atoms with Crippen LogP contribution in [0, 0.1) is 0 Å². The molecule has 0 spiro atoms. The number of hydrogen-bond acceptors (Lipinski definition) is 4. The van der Waals surface area contributed by atoms with Crippen molar-refractivity contribution in [1.29, 1.82) is 0 Å². The number of hydrogen-bond donors (Lipinski definition) is 1. The number of carbonyl (C=O) groups excluding carboxylic acids is 1. The lowest BCUT2D eigenvalue weighted by molar-refractivity contribution is 0.0933. The van der Waals surface area contributed by atoms with Crippen molar-refractivity contribution in [3.05, 3.63) is 54.0 Å². The molecule has 1 aromatic carbocycles. The maximum atomic E-state index is 12.5. The van der Waals surface area contributed by atoms with Crippen LogP contribution < -0.4 is 10.1 Å². The van der Waals surface area contributed by atoms with Crippen molar-refractivity contribution < 1.29 is 13.9 Å². The number of amides is 1. The summed E-state index contributed by atoms with van der Waals surface area (Å²) in [7, 11) is 0. The Labute approximate surface area is 142 Å². The first-order valence-corrected chi connectivity index (χ1v) is 8.56. The summed E-state index contributed by atoms with van der Waals surface area (Å²) in [6.07, 6.45) is 4.08. The largest absolute Gasteiger partial charge is 0.494 e. The number of rotatable bonds is 7. The molecule has 0 saturated carbocycles. The fourth-order valence-corrected chi connectivity index (χ4v) is 3.13. The molecule has 1 N–H and O–H groups in total. The molecule has 1 atom stereocenters. The van der Waals surface area contributed by atoms with E-state index in [1.165, 1.54) is 12.8 Å². The van der Waals surface area contributed by atoms with Gasteiger partial charge in [0.2, 0.25) is 0 Å². The van der Waals surface area contributed by atoms with Crippen LogP contribution in [0.5, 0.6) is 5.75 Å². The molecule has 1 aromatic heterocycles. The Morgan fingerprint density at radius 3 is 2.83 bits per heavy atom. The maximum Gasteiger partial charge on any atom is 0.251 e. The first kappa shape index (κ1) is 16.6. The Bertz CT molecular complexity index is 648. The van der Waals surface area contributed by atoms with Crippen molar-refractivity contribution in [1.82, 2.24) is 10.2 Å². The molecule has 1 fully saturated rings. The first-order valence-electron chi connectivity index (χ1n) is 8.56. The van der Waals surface area contributed by atoms with Gasteiger partial charge in [-0.3, -0.25) is 9.69 Å². The average molecular weight is 328 g/mol. The zero-order valence-electron chi connectivity index (χ0n) is 14.0. The second-order valence-electron chi connectivity index (χ2n) is 5.95. The van der Waals surface area contributed by atoms with Crippen LogP contribution in [0.1, 0.15) is 41.9 Å². The molecule has 2 aromatic rings. The van der Waals surface area contributed by atoms with Gasteiger partial charge in [-0.1, -0.05) is 6.07 Å². The van der Waals surface area contributed by atoms with Gasteiger partial charge in [0, 0.05) is 12.1 Å².